The SMILES string of the molecule is O=C(Nc1ccc(F)cc1)c1cnc(-c2ccc[nH]2)cn1. The molecule has 2 N–H and O–H groups in total. The van der Waals surface area contributed by atoms with Crippen LogP contribution in [0.25, 0.3) is 11.4 Å². The highest BCUT2D eigenvalue weighted by atomic mass is 19.1. The molecule has 3 rings (SSSR count). The highest BCUT2D eigenvalue weighted by Crippen LogP contribution is 2.13. The predicted molar refractivity (Wildman–Crippen MR) is 76.2 cm³/mol. The number of H-pyrrole nitrogens is 1. The van der Waals surface area contributed by atoms with Gasteiger partial charge < -0.3 is 10.3 Å². The number of halogens is 1. The molecule has 1 aromatic carbocycles. The van der Waals surface area contributed by atoms with Gasteiger partial charge in [-0.25, -0.2) is 9.37 Å². The number of nitrogens with zero attached hydrogens (tertiary/aromatic N) is 2. The van der Waals surface area contributed by atoms with Gasteiger partial charge in [-0.2, -0.15) is 0 Å². The van der Waals surface area contributed by atoms with Gasteiger partial charge in [0.15, 0.2) is 0 Å². The summed E-state index contributed by atoms with van der Waals surface area (Å²) in [5.74, 6) is -0.754. The zero-order valence-corrected chi connectivity index (χ0v) is 10.9. The minimum Gasteiger partial charge on any atom is -0.360 e. The normalized spacial score (nSPS) is 10.3. The van der Waals surface area contributed by atoms with Crippen LogP contribution in [0.3, 0.4) is 0 Å². The van der Waals surface area contributed by atoms with E-state index in [9.17, 15) is 9.18 Å². The minimum absolute atomic E-state index is 0.189. The van der Waals surface area contributed by atoms with Crippen LogP contribution in [0.2, 0.25) is 0 Å². The molecule has 0 bridgehead atoms. The van der Waals surface area contributed by atoms with E-state index in [1.54, 1.807) is 6.20 Å². The maximum atomic E-state index is 12.8. The zero-order valence-electron chi connectivity index (χ0n) is 10.9. The Balaban J connectivity index is 1.74. The molecule has 104 valence electrons. The van der Waals surface area contributed by atoms with Gasteiger partial charge in [0.1, 0.15) is 17.2 Å². The standard InChI is InChI=1S/C15H11FN4O/c16-10-3-5-11(6-4-10)20-15(21)14-9-18-13(8-19-14)12-2-1-7-17-12/h1-9,17H,(H,20,21). The van der Waals surface area contributed by atoms with Gasteiger partial charge in [0, 0.05) is 11.9 Å². The molecule has 0 aliphatic carbocycles. The number of rotatable bonds is 3. The second-order valence-electron chi connectivity index (χ2n) is 4.33. The van der Waals surface area contributed by atoms with E-state index in [-0.39, 0.29) is 11.5 Å². The quantitative estimate of drug-likeness (QED) is 0.776. The molecular formula is C15H11FN4O. The summed E-state index contributed by atoms with van der Waals surface area (Å²) in [6.07, 6.45) is 4.70. The van der Waals surface area contributed by atoms with Gasteiger partial charge in [-0.05, 0) is 36.4 Å². The van der Waals surface area contributed by atoms with Crippen molar-refractivity contribution in [2.75, 3.05) is 5.32 Å². The van der Waals surface area contributed by atoms with Gasteiger partial charge in [-0.15, -0.1) is 0 Å². The molecule has 0 saturated heterocycles. The Kier molecular flexibility index (Phi) is 3.42. The lowest BCUT2D eigenvalue weighted by Crippen LogP contribution is -2.14. The van der Waals surface area contributed by atoms with Crippen molar-refractivity contribution in [3.05, 3.63) is 66.5 Å². The van der Waals surface area contributed by atoms with Crippen LogP contribution in [0.5, 0.6) is 0 Å². The lowest BCUT2D eigenvalue weighted by Gasteiger charge is -2.04. The third-order valence-corrected chi connectivity index (χ3v) is 2.86. The van der Waals surface area contributed by atoms with Crippen molar-refractivity contribution in [2.24, 2.45) is 0 Å². The third kappa shape index (κ3) is 2.94. The molecule has 2 aromatic heterocycles. The van der Waals surface area contributed by atoms with Crippen molar-refractivity contribution >= 4 is 11.6 Å². The van der Waals surface area contributed by atoms with E-state index in [0.29, 0.717) is 11.4 Å². The lowest BCUT2D eigenvalue weighted by atomic mass is 10.3. The van der Waals surface area contributed by atoms with E-state index in [1.165, 1.54) is 36.7 Å². The summed E-state index contributed by atoms with van der Waals surface area (Å²) < 4.78 is 12.8. The molecule has 5 nitrogen and oxygen atoms in total. The van der Waals surface area contributed by atoms with Gasteiger partial charge in [-0.3, -0.25) is 9.78 Å². The number of hydrogen-bond donors (Lipinski definition) is 2. The van der Waals surface area contributed by atoms with Gasteiger partial charge in [0.2, 0.25) is 0 Å². The number of carbonyl (C=O) groups is 1. The van der Waals surface area contributed by atoms with Crippen LogP contribution >= 0.6 is 0 Å². The van der Waals surface area contributed by atoms with E-state index in [2.05, 4.69) is 20.3 Å². The minimum atomic E-state index is -0.396. The fraction of sp³-hybridized carbons (Fsp3) is 0. The van der Waals surface area contributed by atoms with E-state index >= 15 is 0 Å². The highest BCUT2D eigenvalue weighted by Gasteiger charge is 2.09. The molecule has 21 heavy (non-hydrogen) atoms. The number of hydrogen-bond acceptors (Lipinski definition) is 3. The summed E-state index contributed by atoms with van der Waals surface area (Å²) in [5.41, 5.74) is 2.16. The van der Waals surface area contributed by atoms with E-state index in [4.69, 9.17) is 0 Å². The summed E-state index contributed by atoms with van der Waals surface area (Å²) in [4.78, 5) is 23.3. The first-order valence-electron chi connectivity index (χ1n) is 6.25. The maximum Gasteiger partial charge on any atom is 0.275 e. The smallest absolute Gasteiger partial charge is 0.275 e. The van der Waals surface area contributed by atoms with Crippen LogP contribution in [-0.2, 0) is 0 Å². The van der Waals surface area contributed by atoms with E-state index in [1.807, 2.05) is 12.1 Å². The van der Waals surface area contributed by atoms with Crippen molar-refractivity contribution < 1.29 is 9.18 Å². The monoisotopic (exact) mass is 282 g/mol. The molecule has 0 aliphatic rings. The average molecular weight is 282 g/mol. The molecule has 1 amide bonds. The Morgan fingerprint density at radius 2 is 1.90 bits per heavy atom. The van der Waals surface area contributed by atoms with Crippen molar-refractivity contribution in [1.29, 1.82) is 0 Å². The summed E-state index contributed by atoms with van der Waals surface area (Å²) in [7, 11) is 0. The summed E-state index contributed by atoms with van der Waals surface area (Å²) in [6.45, 7) is 0. The number of benzene rings is 1. The molecule has 3 aromatic rings. The Bertz CT molecular complexity index is 736. The zero-order chi connectivity index (χ0) is 14.7. The van der Waals surface area contributed by atoms with Crippen LogP contribution in [0.15, 0.2) is 55.0 Å². The molecule has 2 heterocycles. The van der Waals surface area contributed by atoms with Crippen LogP contribution < -0.4 is 5.32 Å². The number of aromatic amines is 1. The molecule has 0 fully saturated rings. The molecule has 0 unspecified atom stereocenters. The van der Waals surface area contributed by atoms with Crippen molar-refractivity contribution in [2.45, 2.75) is 0 Å². The summed E-state index contributed by atoms with van der Waals surface area (Å²) in [5, 5.41) is 2.62. The first kappa shape index (κ1) is 13.0. The molecule has 0 radical (unpaired) electrons. The molecule has 0 spiro atoms. The second-order valence-corrected chi connectivity index (χ2v) is 4.33. The second kappa shape index (κ2) is 5.54. The summed E-state index contributed by atoms with van der Waals surface area (Å²) in [6, 6.07) is 9.22. The fourth-order valence-corrected chi connectivity index (χ4v) is 1.80. The topological polar surface area (TPSA) is 70.7 Å². The third-order valence-electron chi connectivity index (χ3n) is 2.86. The van der Waals surface area contributed by atoms with Crippen LogP contribution in [-0.4, -0.2) is 20.9 Å². The Hall–Kier alpha value is -3.02. The Labute approximate surface area is 119 Å². The Morgan fingerprint density at radius 3 is 2.52 bits per heavy atom. The van der Waals surface area contributed by atoms with Gasteiger partial charge in [0.05, 0.1) is 18.1 Å². The summed E-state index contributed by atoms with van der Waals surface area (Å²) >= 11 is 0. The van der Waals surface area contributed by atoms with Crippen LogP contribution in [0.4, 0.5) is 10.1 Å². The number of aromatic nitrogens is 3. The van der Waals surface area contributed by atoms with Crippen LogP contribution in [0, 0.1) is 5.82 Å². The van der Waals surface area contributed by atoms with Gasteiger partial charge in [0.25, 0.3) is 5.91 Å². The lowest BCUT2D eigenvalue weighted by molar-refractivity contribution is 0.102. The van der Waals surface area contributed by atoms with E-state index in [0.717, 1.165) is 5.69 Å². The molecule has 0 saturated carbocycles. The molecular weight excluding hydrogens is 271 g/mol. The first-order valence-corrected chi connectivity index (χ1v) is 6.25. The highest BCUT2D eigenvalue weighted by molar-refractivity contribution is 6.02. The largest absolute Gasteiger partial charge is 0.360 e. The van der Waals surface area contributed by atoms with Gasteiger partial charge in [-0.1, -0.05) is 0 Å². The molecule has 6 heteroatoms. The van der Waals surface area contributed by atoms with Gasteiger partial charge >= 0.3 is 0 Å². The van der Waals surface area contributed by atoms with E-state index < -0.39 is 5.91 Å². The van der Waals surface area contributed by atoms with Crippen molar-refractivity contribution in [1.82, 2.24) is 15.0 Å². The first-order chi connectivity index (χ1) is 10.2. The number of carbonyl (C=O) groups excluding carboxylic acids is 1. The van der Waals surface area contributed by atoms with Crippen LogP contribution in [0.1, 0.15) is 10.5 Å². The van der Waals surface area contributed by atoms with Crippen molar-refractivity contribution in [3.63, 3.8) is 0 Å². The average Bonchev–Trinajstić information content (AvgIpc) is 3.04. The Morgan fingerprint density at radius 1 is 1.10 bits per heavy atom. The number of amides is 1. The number of anilines is 1. The number of nitrogens with one attached hydrogen (secondary N) is 2. The molecule has 0 aliphatic heterocycles. The maximum absolute atomic E-state index is 12.8. The fourth-order valence-electron chi connectivity index (χ4n) is 1.80. The molecule has 0 atom stereocenters. The predicted octanol–water partition coefficient (Wildman–Crippen LogP) is 2.86. The van der Waals surface area contributed by atoms with Crippen molar-refractivity contribution in [3.8, 4) is 11.4 Å².